The van der Waals surface area contributed by atoms with Crippen molar-refractivity contribution < 1.29 is 0 Å². The van der Waals surface area contributed by atoms with Crippen molar-refractivity contribution in [2.24, 2.45) is 0 Å². The third-order valence-electron chi connectivity index (χ3n) is 3.92. The number of piperazine rings is 1. The quantitative estimate of drug-likeness (QED) is 0.836. The molecule has 1 aliphatic heterocycles. The lowest BCUT2D eigenvalue weighted by Gasteiger charge is -2.40. The first-order chi connectivity index (χ1) is 9.74. The minimum atomic E-state index is 0.417. The largest absolute Gasteiger partial charge is 0.353 e. The Kier molecular flexibility index (Phi) is 3.65. The summed E-state index contributed by atoms with van der Waals surface area (Å²) >= 11 is 0. The Bertz CT molecular complexity index is 570. The second-order valence-electron chi connectivity index (χ2n) is 5.32. The van der Waals surface area contributed by atoms with E-state index in [2.05, 4.69) is 57.1 Å². The molecule has 1 atom stereocenters. The van der Waals surface area contributed by atoms with Gasteiger partial charge in [-0.05, 0) is 25.6 Å². The number of benzene rings is 1. The van der Waals surface area contributed by atoms with Gasteiger partial charge in [-0.3, -0.25) is 4.90 Å². The van der Waals surface area contributed by atoms with Gasteiger partial charge < -0.3 is 4.90 Å². The van der Waals surface area contributed by atoms with Gasteiger partial charge in [-0.1, -0.05) is 30.3 Å². The predicted molar refractivity (Wildman–Crippen MR) is 80.8 cm³/mol. The van der Waals surface area contributed by atoms with E-state index in [1.54, 1.807) is 0 Å². The zero-order valence-corrected chi connectivity index (χ0v) is 12.0. The smallest absolute Gasteiger partial charge is 0.132 e. The molecular formula is C16H20N4. The van der Waals surface area contributed by atoms with Gasteiger partial charge in [-0.25, -0.2) is 9.97 Å². The van der Waals surface area contributed by atoms with Gasteiger partial charge in [0.1, 0.15) is 11.6 Å². The predicted octanol–water partition coefficient (Wildman–Crippen LogP) is 2.28. The minimum Gasteiger partial charge on any atom is -0.353 e. The van der Waals surface area contributed by atoms with E-state index in [4.69, 9.17) is 0 Å². The summed E-state index contributed by atoms with van der Waals surface area (Å²) in [6, 6.07) is 13.1. The molecule has 4 nitrogen and oxygen atoms in total. The van der Waals surface area contributed by atoms with Gasteiger partial charge in [0.2, 0.25) is 0 Å². The van der Waals surface area contributed by atoms with Gasteiger partial charge in [0.25, 0.3) is 0 Å². The van der Waals surface area contributed by atoms with Crippen LogP contribution >= 0.6 is 0 Å². The van der Waals surface area contributed by atoms with E-state index < -0.39 is 0 Å². The zero-order valence-electron chi connectivity index (χ0n) is 12.0. The Labute approximate surface area is 120 Å². The summed E-state index contributed by atoms with van der Waals surface area (Å²) in [5, 5.41) is 0. The summed E-state index contributed by atoms with van der Waals surface area (Å²) in [5.41, 5.74) is 1.37. The van der Waals surface area contributed by atoms with Gasteiger partial charge in [0, 0.05) is 25.8 Å². The monoisotopic (exact) mass is 268 g/mol. The normalized spacial score (nSPS) is 20.1. The molecule has 1 aromatic carbocycles. The summed E-state index contributed by atoms with van der Waals surface area (Å²) in [7, 11) is 2.19. The van der Waals surface area contributed by atoms with Crippen LogP contribution in [-0.4, -0.2) is 41.5 Å². The maximum Gasteiger partial charge on any atom is 0.132 e. The lowest BCUT2D eigenvalue weighted by Crippen LogP contribution is -2.47. The molecule has 0 bridgehead atoms. The second kappa shape index (κ2) is 5.59. The molecule has 0 N–H and O–H groups in total. The van der Waals surface area contributed by atoms with Crippen LogP contribution in [0.25, 0.3) is 0 Å². The van der Waals surface area contributed by atoms with Crippen LogP contribution in [0.15, 0.2) is 42.6 Å². The van der Waals surface area contributed by atoms with Gasteiger partial charge in [0.05, 0.1) is 6.04 Å². The van der Waals surface area contributed by atoms with Crippen molar-refractivity contribution >= 4 is 5.82 Å². The van der Waals surface area contributed by atoms with Crippen LogP contribution in [0.2, 0.25) is 0 Å². The molecule has 1 fully saturated rings. The van der Waals surface area contributed by atoms with Crippen molar-refractivity contribution in [3.63, 3.8) is 0 Å². The molecule has 1 aliphatic rings. The number of aromatic nitrogens is 2. The number of rotatable bonds is 2. The molecule has 0 spiro atoms. The number of nitrogens with zero attached hydrogens (tertiary/aromatic N) is 4. The van der Waals surface area contributed by atoms with Crippen molar-refractivity contribution in [3.05, 3.63) is 54.0 Å². The van der Waals surface area contributed by atoms with Crippen LogP contribution < -0.4 is 4.90 Å². The fourth-order valence-electron chi connectivity index (χ4n) is 2.74. The number of hydrogen-bond acceptors (Lipinski definition) is 4. The Balaban J connectivity index is 1.83. The van der Waals surface area contributed by atoms with Crippen LogP contribution in [0.4, 0.5) is 5.82 Å². The third kappa shape index (κ3) is 2.65. The molecule has 20 heavy (non-hydrogen) atoms. The van der Waals surface area contributed by atoms with Gasteiger partial charge >= 0.3 is 0 Å². The lowest BCUT2D eigenvalue weighted by atomic mass is 10.0. The molecule has 1 aromatic heterocycles. The van der Waals surface area contributed by atoms with Crippen molar-refractivity contribution in [1.29, 1.82) is 0 Å². The maximum absolute atomic E-state index is 4.55. The maximum atomic E-state index is 4.55. The molecule has 2 aromatic rings. The fourth-order valence-corrected chi connectivity index (χ4v) is 2.74. The molecule has 0 aliphatic carbocycles. The highest BCUT2D eigenvalue weighted by atomic mass is 15.3. The summed E-state index contributed by atoms with van der Waals surface area (Å²) in [6.07, 6.45) is 1.84. The lowest BCUT2D eigenvalue weighted by molar-refractivity contribution is 0.220. The molecule has 1 saturated heterocycles. The summed E-state index contributed by atoms with van der Waals surface area (Å²) in [4.78, 5) is 13.5. The SMILES string of the molecule is Cc1nccc(N2CCN(C)C(c3ccccc3)C2)n1. The first-order valence-electron chi connectivity index (χ1n) is 7.04. The highest BCUT2D eigenvalue weighted by Crippen LogP contribution is 2.26. The number of likely N-dealkylation sites (N-methyl/N-ethyl adjacent to an activating group) is 1. The molecule has 4 heteroatoms. The Hall–Kier alpha value is -1.94. The van der Waals surface area contributed by atoms with Crippen LogP contribution in [0.3, 0.4) is 0 Å². The van der Waals surface area contributed by atoms with Crippen LogP contribution in [0.1, 0.15) is 17.4 Å². The van der Waals surface area contributed by atoms with E-state index >= 15 is 0 Å². The Morgan fingerprint density at radius 1 is 1.10 bits per heavy atom. The topological polar surface area (TPSA) is 32.3 Å². The molecule has 104 valence electrons. The first kappa shape index (κ1) is 13.1. The van der Waals surface area contributed by atoms with Crippen LogP contribution in [0.5, 0.6) is 0 Å². The zero-order chi connectivity index (χ0) is 13.9. The number of anilines is 1. The molecule has 1 unspecified atom stereocenters. The van der Waals surface area contributed by atoms with Gasteiger partial charge in [0.15, 0.2) is 0 Å². The van der Waals surface area contributed by atoms with Gasteiger partial charge in [-0.15, -0.1) is 0 Å². The molecular weight excluding hydrogens is 248 g/mol. The summed E-state index contributed by atoms with van der Waals surface area (Å²) in [5.74, 6) is 1.87. The number of aryl methyl sites for hydroxylation is 1. The third-order valence-corrected chi connectivity index (χ3v) is 3.92. The van der Waals surface area contributed by atoms with E-state index in [0.717, 1.165) is 31.3 Å². The van der Waals surface area contributed by atoms with Gasteiger partial charge in [-0.2, -0.15) is 0 Å². The van der Waals surface area contributed by atoms with Crippen molar-refractivity contribution in [1.82, 2.24) is 14.9 Å². The highest BCUT2D eigenvalue weighted by Gasteiger charge is 2.26. The molecule has 3 rings (SSSR count). The van der Waals surface area contributed by atoms with E-state index in [1.807, 2.05) is 19.2 Å². The van der Waals surface area contributed by atoms with E-state index in [1.165, 1.54) is 5.56 Å². The Morgan fingerprint density at radius 2 is 1.90 bits per heavy atom. The first-order valence-corrected chi connectivity index (χ1v) is 7.04. The Morgan fingerprint density at radius 3 is 2.65 bits per heavy atom. The average Bonchev–Trinajstić information content (AvgIpc) is 2.48. The summed E-state index contributed by atoms with van der Waals surface area (Å²) < 4.78 is 0. The molecule has 2 heterocycles. The van der Waals surface area contributed by atoms with Crippen molar-refractivity contribution in [2.45, 2.75) is 13.0 Å². The second-order valence-corrected chi connectivity index (χ2v) is 5.32. The van der Waals surface area contributed by atoms with Crippen LogP contribution in [-0.2, 0) is 0 Å². The van der Waals surface area contributed by atoms with E-state index in [9.17, 15) is 0 Å². The average molecular weight is 268 g/mol. The van der Waals surface area contributed by atoms with Crippen molar-refractivity contribution in [3.8, 4) is 0 Å². The standard InChI is InChI=1S/C16H20N4/c1-13-17-9-8-16(18-13)20-11-10-19(2)15(12-20)14-6-4-3-5-7-14/h3-9,15H,10-12H2,1-2H3. The van der Waals surface area contributed by atoms with E-state index in [0.29, 0.717) is 6.04 Å². The fraction of sp³-hybridized carbons (Fsp3) is 0.375. The molecule has 0 amide bonds. The minimum absolute atomic E-state index is 0.417. The van der Waals surface area contributed by atoms with Crippen molar-refractivity contribution in [2.75, 3.05) is 31.6 Å². The van der Waals surface area contributed by atoms with Crippen LogP contribution in [0, 0.1) is 6.92 Å². The highest BCUT2D eigenvalue weighted by molar-refractivity contribution is 5.39. The number of hydrogen-bond donors (Lipinski definition) is 0. The molecule has 0 saturated carbocycles. The summed E-state index contributed by atoms with van der Waals surface area (Å²) in [6.45, 7) is 4.96. The molecule has 0 radical (unpaired) electrons. The van der Waals surface area contributed by atoms with E-state index in [-0.39, 0.29) is 0 Å².